The number of nitrogens with one attached hydrogen (secondary N) is 1. The molecular weight excluding hydrogens is 446 g/mol. The molecule has 0 radical (unpaired) electrons. The molecule has 8 heteroatoms. The van der Waals surface area contributed by atoms with E-state index in [-0.39, 0.29) is 16.4 Å². The van der Waals surface area contributed by atoms with Crippen LogP contribution in [0.4, 0.5) is 0 Å². The number of hydrogen-bond donors (Lipinski definition) is 1. The van der Waals surface area contributed by atoms with Crippen LogP contribution in [-0.4, -0.2) is 29.5 Å². The fourth-order valence-corrected chi connectivity index (χ4v) is 5.32. The maximum atomic E-state index is 12.9. The summed E-state index contributed by atoms with van der Waals surface area (Å²) in [6.07, 6.45) is 0.939. The molecule has 1 N–H and O–H groups in total. The Balaban J connectivity index is 1.76. The van der Waals surface area contributed by atoms with Crippen LogP contribution in [0.3, 0.4) is 0 Å². The lowest BCUT2D eigenvalue weighted by atomic mass is 10.1. The molecule has 1 unspecified atom stereocenters. The molecule has 0 saturated carbocycles. The molecular formula is C24H27NO5S2. The molecule has 3 aromatic rings. The molecule has 6 nitrogen and oxygen atoms in total. The quantitative estimate of drug-likeness (QED) is 0.450. The van der Waals surface area contributed by atoms with E-state index in [9.17, 15) is 16.8 Å². The first-order valence-corrected chi connectivity index (χ1v) is 13.1. The van der Waals surface area contributed by atoms with Gasteiger partial charge in [-0.05, 0) is 56.5 Å². The summed E-state index contributed by atoms with van der Waals surface area (Å²) >= 11 is 0. The van der Waals surface area contributed by atoms with Crippen molar-refractivity contribution >= 4 is 20.1 Å². The highest BCUT2D eigenvalue weighted by molar-refractivity contribution is 7.89. The van der Waals surface area contributed by atoms with Crippen molar-refractivity contribution in [2.75, 3.05) is 6.61 Å². The zero-order chi connectivity index (χ0) is 23.2. The van der Waals surface area contributed by atoms with Crippen LogP contribution in [0, 0.1) is 13.8 Å². The van der Waals surface area contributed by atoms with Gasteiger partial charge in [0, 0.05) is 6.04 Å². The average molecular weight is 474 g/mol. The molecule has 0 aliphatic carbocycles. The van der Waals surface area contributed by atoms with E-state index >= 15 is 0 Å². The van der Waals surface area contributed by atoms with Crippen LogP contribution in [-0.2, 0) is 30.7 Å². The molecule has 0 fully saturated rings. The minimum absolute atomic E-state index is 0.0336. The summed E-state index contributed by atoms with van der Waals surface area (Å²) in [5, 5.41) is 0. The topological polar surface area (TPSA) is 89.5 Å². The third-order valence-corrected chi connectivity index (χ3v) is 7.84. The van der Waals surface area contributed by atoms with E-state index < -0.39 is 26.2 Å². The van der Waals surface area contributed by atoms with Gasteiger partial charge in [-0.2, -0.15) is 8.42 Å². The number of aryl methyl sites for hydroxylation is 3. The predicted octanol–water partition coefficient (Wildman–Crippen LogP) is 3.99. The van der Waals surface area contributed by atoms with Gasteiger partial charge in [0.25, 0.3) is 10.1 Å². The predicted molar refractivity (Wildman–Crippen MR) is 124 cm³/mol. The van der Waals surface area contributed by atoms with Crippen LogP contribution < -0.4 is 4.72 Å². The van der Waals surface area contributed by atoms with E-state index in [2.05, 4.69) is 4.72 Å². The van der Waals surface area contributed by atoms with Crippen molar-refractivity contribution < 1.29 is 21.0 Å². The van der Waals surface area contributed by atoms with Gasteiger partial charge < -0.3 is 0 Å². The maximum absolute atomic E-state index is 12.9. The first-order chi connectivity index (χ1) is 15.2. The molecule has 3 rings (SSSR count). The van der Waals surface area contributed by atoms with Crippen LogP contribution in [0.15, 0.2) is 88.7 Å². The van der Waals surface area contributed by atoms with E-state index in [1.807, 2.05) is 44.2 Å². The Hall–Kier alpha value is -2.52. The van der Waals surface area contributed by atoms with Gasteiger partial charge in [-0.15, -0.1) is 0 Å². The third-order valence-electron chi connectivity index (χ3n) is 5.01. The van der Waals surface area contributed by atoms with Crippen LogP contribution in [0.25, 0.3) is 0 Å². The number of benzene rings is 3. The standard InChI is InChI=1S/C24H27NO5S2/c1-19-8-14-23(15-9-19)31(26,27)25-22(13-12-21-6-4-3-5-7-21)18-30-32(28,29)24-16-10-20(2)11-17-24/h3-11,14-17,22,25H,12-13,18H2,1-2H3. The lowest BCUT2D eigenvalue weighted by Gasteiger charge is -2.19. The largest absolute Gasteiger partial charge is 0.297 e. The summed E-state index contributed by atoms with van der Waals surface area (Å²) < 4.78 is 58.8. The molecule has 0 heterocycles. The van der Waals surface area contributed by atoms with Gasteiger partial charge in [0.1, 0.15) is 0 Å². The minimum Gasteiger partial charge on any atom is -0.265 e. The van der Waals surface area contributed by atoms with Gasteiger partial charge in [0.05, 0.1) is 16.4 Å². The molecule has 0 aromatic heterocycles. The normalized spacial score (nSPS) is 13.1. The molecule has 3 aromatic carbocycles. The fourth-order valence-electron chi connectivity index (χ4n) is 3.11. The molecule has 1 atom stereocenters. The van der Waals surface area contributed by atoms with Crippen molar-refractivity contribution in [3.63, 3.8) is 0 Å². The molecule has 0 amide bonds. The van der Waals surface area contributed by atoms with Crippen molar-refractivity contribution in [3.05, 3.63) is 95.6 Å². The SMILES string of the molecule is Cc1ccc(S(=O)(=O)NC(CCc2ccccc2)COS(=O)(=O)c2ccc(C)cc2)cc1. The fraction of sp³-hybridized carbons (Fsp3) is 0.250. The van der Waals surface area contributed by atoms with Crippen molar-refractivity contribution in [2.45, 2.75) is 42.5 Å². The van der Waals surface area contributed by atoms with Crippen LogP contribution in [0.5, 0.6) is 0 Å². The van der Waals surface area contributed by atoms with E-state index in [0.717, 1.165) is 16.7 Å². The second-order valence-electron chi connectivity index (χ2n) is 7.71. The minimum atomic E-state index is -4.02. The highest BCUT2D eigenvalue weighted by Gasteiger charge is 2.23. The van der Waals surface area contributed by atoms with Crippen molar-refractivity contribution in [3.8, 4) is 0 Å². The molecule has 0 spiro atoms. The lowest BCUT2D eigenvalue weighted by molar-refractivity contribution is 0.276. The van der Waals surface area contributed by atoms with Crippen molar-refractivity contribution in [1.82, 2.24) is 4.72 Å². The first-order valence-electron chi connectivity index (χ1n) is 10.2. The third kappa shape index (κ3) is 6.74. The summed E-state index contributed by atoms with van der Waals surface area (Å²) in [5.41, 5.74) is 2.89. The summed E-state index contributed by atoms with van der Waals surface area (Å²) in [6.45, 7) is 3.42. The van der Waals surface area contributed by atoms with E-state index in [1.54, 1.807) is 24.3 Å². The average Bonchev–Trinajstić information content (AvgIpc) is 2.77. The van der Waals surface area contributed by atoms with Gasteiger partial charge in [-0.25, -0.2) is 13.1 Å². The maximum Gasteiger partial charge on any atom is 0.297 e. The Labute approximate surface area is 190 Å². The Bertz CT molecular complexity index is 1220. The number of sulfonamides is 1. The second-order valence-corrected chi connectivity index (χ2v) is 11.0. The van der Waals surface area contributed by atoms with Crippen molar-refractivity contribution in [1.29, 1.82) is 0 Å². The van der Waals surface area contributed by atoms with E-state index in [1.165, 1.54) is 24.3 Å². The summed E-state index contributed by atoms with van der Waals surface area (Å²) in [6, 6.07) is 21.6. The smallest absolute Gasteiger partial charge is 0.265 e. The van der Waals surface area contributed by atoms with Gasteiger partial charge in [-0.3, -0.25) is 4.18 Å². The lowest BCUT2D eigenvalue weighted by Crippen LogP contribution is -2.39. The number of rotatable bonds is 10. The monoisotopic (exact) mass is 473 g/mol. The Morgan fingerprint density at radius 3 is 1.84 bits per heavy atom. The Morgan fingerprint density at radius 2 is 1.28 bits per heavy atom. The molecule has 0 aliphatic rings. The first kappa shape index (κ1) is 24.1. The Morgan fingerprint density at radius 1 is 0.750 bits per heavy atom. The van der Waals surface area contributed by atoms with Crippen molar-refractivity contribution in [2.24, 2.45) is 0 Å². The summed E-state index contributed by atoms with van der Waals surface area (Å²) in [7, 11) is -7.86. The zero-order valence-corrected chi connectivity index (χ0v) is 19.7. The number of hydrogen-bond acceptors (Lipinski definition) is 5. The summed E-state index contributed by atoms with van der Waals surface area (Å²) in [4.78, 5) is 0.153. The molecule has 170 valence electrons. The van der Waals surface area contributed by atoms with Gasteiger partial charge in [-0.1, -0.05) is 65.7 Å². The van der Waals surface area contributed by atoms with Gasteiger partial charge in [0.15, 0.2) is 0 Å². The molecule has 32 heavy (non-hydrogen) atoms. The van der Waals surface area contributed by atoms with E-state index in [0.29, 0.717) is 12.8 Å². The van der Waals surface area contributed by atoms with Crippen LogP contribution in [0.1, 0.15) is 23.1 Å². The molecule has 0 saturated heterocycles. The summed E-state index contributed by atoms with van der Waals surface area (Å²) in [5.74, 6) is 0. The highest BCUT2D eigenvalue weighted by atomic mass is 32.2. The van der Waals surface area contributed by atoms with Crippen LogP contribution in [0.2, 0.25) is 0 Å². The van der Waals surface area contributed by atoms with Gasteiger partial charge >= 0.3 is 0 Å². The highest BCUT2D eigenvalue weighted by Crippen LogP contribution is 2.17. The molecule has 0 aliphatic heterocycles. The van der Waals surface area contributed by atoms with Crippen LogP contribution >= 0.6 is 0 Å². The molecule has 0 bridgehead atoms. The Kier molecular flexibility index (Phi) is 7.84. The zero-order valence-electron chi connectivity index (χ0n) is 18.1. The second kappa shape index (κ2) is 10.4. The van der Waals surface area contributed by atoms with Gasteiger partial charge in [0.2, 0.25) is 10.0 Å². The van der Waals surface area contributed by atoms with E-state index in [4.69, 9.17) is 4.18 Å².